The van der Waals surface area contributed by atoms with Crippen molar-refractivity contribution in [3.05, 3.63) is 6.07 Å². The van der Waals surface area contributed by atoms with Crippen LogP contribution >= 0.6 is 0 Å². The molecule has 0 saturated carbocycles. The summed E-state index contributed by atoms with van der Waals surface area (Å²) < 4.78 is 52.8. The first-order valence-corrected chi connectivity index (χ1v) is 4.00. The molecule has 0 bridgehead atoms. The molecular formula is C7H8F4N4O. The molecule has 0 saturated heterocycles. The largest absolute Gasteiger partial charge is 0.471 e. The fraction of sp³-hybridized carbons (Fsp3) is 0.429. The monoisotopic (exact) mass is 240 g/mol. The molecule has 0 fully saturated rings. The molecule has 0 spiro atoms. The van der Waals surface area contributed by atoms with E-state index < -0.39 is 19.0 Å². The number of rotatable bonds is 4. The lowest BCUT2D eigenvalue weighted by molar-refractivity contribution is -0.148. The van der Waals surface area contributed by atoms with Gasteiger partial charge in [0, 0.05) is 6.07 Å². The molecule has 5 nitrogen and oxygen atoms in total. The fourth-order valence-corrected chi connectivity index (χ4v) is 0.768. The number of aromatic nitrogens is 2. The van der Waals surface area contributed by atoms with Crippen molar-refractivity contribution in [1.82, 2.24) is 9.97 Å². The van der Waals surface area contributed by atoms with Crippen LogP contribution < -0.4 is 16.2 Å². The Hall–Kier alpha value is -1.80. The summed E-state index contributed by atoms with van der Waals surface area (Å²) in [7, 11) is 0. The van der Waals surface area contributed by atoms with Crippen molar-refractivity contribution < 1.29 is 22.3 Å². The average molecular weight is 240 g/mol. The van der Waals surface area contributed by atoms with Crippen molar-refractivity contribution in [3.8, 4) is 5.88 Å². The first kappa shape index (κ1) is 12.3. The van der Waals surface area contributed by atoms with Gasteiger partial charge in [0.05, 0.1) is 0 Å². The molecule has 0 aliphatic heterocycles. The second-order valence-corrected chi connectivity index (χ2v) is 2.84. The molecule has 0 radical (unpaired) electrons. The van der Waals surface area contributed by atoms with Gasteiger partial charge in [0.25, 0.3) is 0 Å². The van der Waals surface area contributed by atoms with Gasteiger partial charge in [0.15, 0.2) is 6.61 Å². The topological polar surface area (TPSA) is 87.0 Å². The highest BCUT2D eigenvalue weighted by atomic mass is 19.3. The van der Waals surface area contributed by atoms with Crippen LogP contribution in [0.5, 0.6) is 5.88 Å². The third-order valence-corrected chi connectivity index (χ3v) is 1.47. The van der Waals surface area contributed by atoms with Gasteiger partial charge in [-0.3, -0.25) is 0 Å². The molecule has 0 aromatic carbocycles. The minimum Gasteiger partial charge on any atom is -0.471 e. The summed E-state index contributed by atoms with van der Waals surface area (Å²) in [5, 5.41) is 0. The number of nitrogens with two attached hydrogens (primary N) is 2. The number of hydrogen-bond donors (Lipinski definition) is 2. The van der Waals surface area contributed by atoms with Crippen LogP contribution in [0.4, 0.5) is 29.3 Å². The van der Waals surface area contributed by atoms with Crippen LogP contribution in [0.3, 0.4) is 0 Å². The third-order valence-electron chi connectivity index (χ3n) is 1.47. The van der Waals surface area contributed by atoms with E-state index in [-0.39, 0.29) is 17.6 Å². The summed E-state index contributed by atoms with van der Waals surface area (Å²) in [5.74, 6) is -5.04. The summed E-state index contributed by atoms with van der Waals surface area (Å²) >= 11 is 0. The van der Waals surface area contributed by atoms with E-state index in [1.165, 1.54) is 0 Å². The summed E-state index contributed by atoms with van der Waals surface area (Å²) in [6.07, 6.45) is -3.82. The standard InChI is InChI=1S/C7H8F4N4O/c8-5(9)7(10,11)2-16-4-1-3(12)14-6(13)15-4/h1,5H,2H2,(H4,12,13,14,15). The van der Waals surface area contributed by atoms with Gasteiger partial charge in [-0.15, -0.1) is 0 Å². The van der Waals surface area contributed by atoms with Gasteiger partial charge in [-0.1, -0.05) is 0 Å². The van der Waals surface area contributed by atoms with Gasteiger partial charge >= 0.3 is 12.3 Å². The van der Waals surface area contributed by atoms with Crippen LogP contribution in [0.15, 0.2) is 6.07 Å². The third kappa shape index (κ3) is 3.11. The predicted molar refractivity (Wildman–Crippen MR) is 47.3 cm³/mol. The molecule has 0 unspecified atom stereocenters. The highest BCUT2D eigenvalue weighted by Crippen LogP contribution is 2.24. The van der Waals surface area contributed by atoms with Crippen molar-refractivity contribution >= 4 is 11.8 Å². The number of nitrogens with zero attached hydrogens (tertiary/aromatic N) is 2. The minimum absolute atomic E-state index is 0.108. The molecular weight excluding hydrogens is 232 g/mol. The van der Waals surface area contributed by atoms with Gasteiger partial charge in [-0.2, -0.15) is 18.7 Å². The van der Waals surface area contributed by atoms with E-state index in [0.29, 0.717) is 0 Å². The van der Waals surface area contributed by atoms with E-state index in [2.05, 4.69) is 14.7 Å². The Bertz CT molecular complexity index is 353. The summed E-state index contributed by atoms with van der Waals surface area (Å²) in [4.78, 5) is 6.83. The van der Waals surface area contributed by atoms with Gasteiger partial charge in [0.1, 0.15) is 5.82 Å². The summed E-state index contributed by atoms with van der Waals surface area (Å²) in [6, 6.07) is 0.998. The molecule has 0 aliphatic carbocycles. The SMILES string of the molecule is Nc1cc(OCC(F)(F)C(F)F)nc(N)n1. The molecule has 1 aromatic heterocycles. The molecule has 4 N–H and O–H groups in total. The molecule has 0 atom stereocenters. The number of alkyl halides is 4. The molecule has 1 aromatic rings. The highest BCUT2D eigenvalue weighted by Gasteiger charge is 2.41. The van der Waals surface area contributed by atoms with Crippen LogP contribution in [0.25, 0.3) is 0 Å². The van der Waals surface area contributed by atoms with E-state index in [9.17, 15) is 17.6 Å². The molecule has 16 heavy (non-hydrogen) atoms. The maximum absolute atomic E-state index is 12.5. The molecule has 1 rings (SSSR count). The second-order valence-electron chi connectivity index (χ2n) is 2.84. The molecule has 90 valence electrons. The molecule has 9 heteroatoms. The average Bonchev–Trinajstić information content (AvgIpc) is 2.13. The lowest BCUT2D eigenvalue weighted by Crippen LogP contribution is -2.34. The van der Waals surface area contributed by atoms with E-state index in [1.54, 1.807) is 0 Å². The second kappa shape index (κ2) is 4.37. The Balaban J connectivity index is 2.68. The van der Waals surface area contributed by atoms with E-state index in [0.717, 1.165) is 6.07 Å². The Kier molecular flexibility index (Phi) is 3.35. The number of nitrogen functional groups attached to an aromatic ring is 2. The van der Waals surface area contributed by atoms with Gasteiger partial charge in [-0.25, -0.2) is 8.78 Å². The fourth-order valence-electron chi connectivity index (χ4n) is 0.768. The maximum Gasteiger partial charge on any atom is 0.340 e. The Labute approximate surface area is 87.4 Å². The van der Waals surface area contributed by atoms with Crippen LogP contribution in [0.2, 0.25) is 0 Å². The lowest BCUT2D eigenvalue weighted by Gasteiger charge is -2.15. The normalized spacial score (nSPS) is 11.8. The smallest absolute Gasteiger partial charge is 0.340 e. The lowest BCUT2D eigenvalue weighted by atomic mass is 10.4. The zero-order valence-electron chi connectivity index (χ0n) is 7.83. The van der Waals surface area contributed by atoms with Crippen LogP contribution in [-0.4, -0.2) is 28.9 Å². The van der Waals surface area contributed by atoms with Crippen molar-refractivity contribution in [3.63, 3.8) is 0 Å². The Morgan fingerprint density at radius 3 is 2.44 bits per heavy atom. The minimum atomic E-state index is -4.26. The van der Waals surface area contributed by atoms with Crippen LogP contribution in [-0.2, 0) is 0 Å². The van der Waals surface area contributed by atoms with Gasteiger partial charge in [0.2, 0.25) is 11.8 Å². The van der Waals surface area contributed by atoms with Crippen molar-refractivity contribution in [2.24, 2.45) is 0 Å². The van der Waals surface area contributed by atoms with Crippen molar-refractivity contribution in [2.45, 2.75) is 12.3 Å². The van der Waals surface area contributed by atoms with Crippen LogP contribution in [0.1, 0.15) is 0 Å². The van der Waals surface area contributed by atoms with Gasteiger partial charge in [-0.05, 0) is 0 Å². The summed E-state index contributed by atoms with van der Waals surface area (Å²) in [5.41, 5.74) is 10.4. The van der Waals surface area contributed by atoms with E-state index in [1.807, 2.05) is 0 Å². The first-order valence-electron chi connectivity index (χ1n) is 4.00. The number of ether oxygens (including phenoxy) is 1. The van der Waals surface area contributed by atoms with Crippen LogP contribution in [0, 0.1) is 0 Å². The van der Waals surface area contributed by atoms with Gasteiger partial charge < -0.3 is 16.2 Å². The molecule has 1 heterocycles. The predicted octanol–water partition coefficient (Wildman–Crippen LogP) is 0.920. The number of anilines is 2. The molecule has 0 aliphatic rings. The van der Waals surface area contributed by atoms with Crippen molar-refractivity contribution in [2.75, 3.05) is 18.1 Å². The maximum atomic E-state index is 12.5. The molecule has 0 amide bonds. The van der Waals surface area contributed by atoms with Crippen molar-refractivity contribution in [1.29, 1.82) is 0 Å². The van der Waals surface area contributed by atoms with E-state index >= 15 is 0 Å². The zero-order valence-corrected chi connectivity index (χ0v) is 7.83. The summed E-state index contributed by atoms with van der Waals surface area (Å²) in [6.45, 7) is -1.51. The zero-order chi connectivity index (χ0) is 12.3. The Morgan fingerprint density at radius 2 is 1.94 bits per heavy atom. The highest BCUT2D eigenvalue weighted by molar-refractivity contribution is 5.38. The Morgan fingerprint density at radius 1 is 1.31 bits per heavy atom. The number of hydrogen-bond acceptors (Lipinski definition) is 5. The first-order chi connectivity index (χ1) is 7.31. The quantitative estimate of drug-likeness (QED) is 0.764. The number of halogens is 4. The van der Waals surface area contributed by atoms with E-state index in [4.69, 9.17) is 11.5 Å².